The number of nitrogens with one attached hydrogen (secondary N) is 2. The van der Waals surface area contributed by atoms with Gasteiger partial charge in [-0.15, -0.1) is 0 Å². The standard InChI is InChI=1S/C48H72N4O6/c1-28(53)24-39(55)49-26-30-11-13-35-32-15-23-48(46(5,22-18-41(57)52(48)8)36(32)17-21-45(30,35)4)42-33(27-50-40(56)25-29(2)54)43(58)51(7)38-14-12-31-34-10-9-19-44(34,3)20-16-37(31)47(38,42)6/h30-32,34-38H,9-27H2,1-8H3,(H,49,55)(H,50,56)/t30?,31-,32-,34-,35-,36+,37+,38?,44-,45+,46+,47+,48?/m0/s1. The van der Waals surface area contributed by atoms with Crippen molar-refractivity contribution in [2.45, 2.75) is 162 Å². The summed E-state index contributed by atoms with van der Waals surface area (Å²) < 4.78 is 0. The second kappa shape index (κ2) is 14.6. The molecule has 0 aromatic rings. The highest BCUT2D eigenvalue weighted by atomic mass is 16.2. The van der Waals surface area contributed by atoms with Crippen LogP contribution in [0.25, 0.3) is 0 Å². The van der Waals surface area contributed by atoms with Crippen molar-refractivity contribution in [3.8, 4) is 0 Å². The second-order valence-corrected chi connectivity index (χ2v) is 21.9. The number of piperidine rings is 1. The molecule has 3 unspecified atom stereocenters. The number of ketones is 2. The van der Waals surface area contributed by atoms with Gasteiger partial charge in [-0.2, -0.15) is 0 Å². The number of Topliss-reactive ketones (excluding diaryl/α,β-unsaturated/α-hetero) is 2. The van der Waals surface area contributed by atoms with E-state index in [0.29, 0.717) is 65.4 Å². The zero-order valence-electron chi connectivity index (χ0n) is 36.9. The number of rotatable bonds is 9. The SMILES string of the molecule is CC(=O)CC(=O)NCC1=C(C23CC[C@@H]4[C@@H](CC[C@]5(C)C(CNC(=O)CC(C)=O)CC[C@@H]45)[C@@]2(C)CCC(=O)N3C)[C@@]2(C)C(CC[C@@H]3[C@H]2CC[C@]2(C)CCC[C@@H]32)N(C)C1=O. The van der Waals surface area contributed by atoms with E-state index in [0.717, 1.165) is 69.8 Å². The van der Waals surface area contributed by atoms with Crippen LogP contribution in [0.4, 0.5) is 0 Å². The summed E-state index contributed by atoms with van der Waals surface area (Å²) in [6.45, 7) is 13.5. The van der Waals surface area contributed by atoms with Crippen molar-refractivity contribution >= 4 is 35.2 Å². The fourth-order valence-corrected chi connectivity index (χ4v) is 17.1. The minimum absolute atomic E-state index is 0.00362. The quantitative estimate of drug-likeness (QED) is 0.247. The lowest BCUT2D eigenvalue weighted by molar-refractivity contribution is -0.188. The molecule has 58 heavy (non-hydrogen) atoms. The van der Waals surface area contributed by atoms with Gasteiger partial charge in [-0.05, 0) is 161 Å². The molecule has 320 valence electrons. The zero-order chi connectivity index (χ0) is 41.7. The van der Waals surface area contributed by atoms with Crippen molar-refractivity contribution in [3.63, 3.8) is 0 Å². The van der Waals surface area contributed by atoms with E-state index in [-0.39, 0.29) is 71.5 Å². The van der Waals surface area contributed by atoms with Crippen LogP contribution in [0.1, 0.15) is 151 Å². The van der Waals surface area contributed by atoms with E-state index in [1.807, 2.05) is 19.0 Å². The van der Waals surface area contributed by atoms with Crippen LogP contribution in [0.15, 0.2) is 11.1 Å². The maximum absolute atomic E-state index is 15.1. The van der Waals surface area contributed by atoms with Crippen LogP contribution in [0.2, 0.25) is 0 Å². The Morgan fingerprint density at radius 1 is 0.690 bits per heavy atom. The summed E-state index contributed by atoms with van der Waals surface area (Å²) in [6.07, 6.45) is 15.2. The molecule has 10 heteroatoms. The molecular formula is C48H72N4O6. The van der Waals surface area contributed by atoms with Crippen LogP contribution in [-0.2, 0) is 28.8 Å². The average Bonchev–Trinajstić information content (AvgIpc) is 3.72. The predicted octanol–water partition coefficient (Wildman–Crippen LogP) is 6.80. The van der Waals surface area contributed by atoms with Crippen molar-refractivity contribution < 1.29 is 28.8 Å². The number of fused-ring (bicyclic) bond motifs is 10. The van der Waals surface area contributed by atoms with E-state index in [9.17, 15) is 24.0 Å². The summed E-state index contributed by atoms with van der Waals surface area (Å²) in [5.41, 5.74) is 0.874. The Morgan fingerprint density at radius 2 is 1.36 bits per heavy atom. The predicted molar refractivity (Wildman–Crippen MR) is 222 cm³/mol. The van der Waals surface area contributed by atoms with Crippen LogP contribution >= 0.6 is 0 Å². The van der Waals surface area contributed by atoms with Gasteiger partial charge < -0.3 is 20.4 Å². The number of carbonyl (C=O) groups excluding carboxylic acids is 6. The molecule has 0 aromatic heterocycles. The first-order valence-electron chi connectivity index (χ1n) is 23.1. The lowest BCUT2D eigenvalue weighted by Crippen LogP contribution is -2.75. The summed E-state index contributed by atoms with van der Waals surface area (Å²) in [5.74, 6) is 2.50. The molecule has 2 heterocycles. The molecule has 8 aliphatic rings. The minimum atomic E-state index is -0.696. The summed E-state index contributed by atoms with van der Waals surface area (Å²) in [6, 6.07) is 0.00362. The molecular weight excluding hydrogens is 729 g/mol. The Balaban J connectivity index is 1.24. The molecule has 8 rings (SSSR count). The van der Waals surface area contributed by atoms with Crippen molar-refractivity contribution in [1.82, 2.24) is 20.4 Å². The molecule has 2 aliphatic heterocycles. The van der Waals surface area contributed by atoms with Crippen LogP contribution in [-0.4, -0.2) is 83.8 Å². The second-order valence-electron chi connectivity index (χ2n) is 21.9. The van der Waals surface area contributed by atoms with Gasteiger partial charge >= 0.3 is 0 Å². The van der Waals surface area contributed by atoms with E-state index >= 15 is 4.79 Å². The molecule has 6 aliphatic carbocycles. The molecule has 2 N–H and O–H groups in total. The van der Waals surface area contributed by atoms with Crippen LogP contribution in [0.3, 0.4) is 0 Å². The van der Waals surface area contributed by atoms with E-state index < -0.39 is 11.0 Å². The Hall–Kier alpha value is -3.04. The number of likely N-dealkylation sites (N-methyl/N-ethyl adjacent to an activating group) is 2. The van der Waals surface area contributed by atoms with Crippen molar-refractivity contribution in [2.24, 2.45) is 63.1 Å². The fourth-order valence-electron chi connectivity index (χ4n) is 17.1. The first-order valence-corrected chi connectivity index (χ1v) is 23.1. The number of nitrogens with zero attached hydrogens (tertiary/aromatic N) is 2. The van der Waals surface area contributed by atoms with E-state index in [1.165, 1.54) is 39.5 Å². The van der Waals surface area contributed by atoms with Gasteiger partial charge in [0.1, 0.15) is 11.6 Å². The van der Waals surface area contributed by atoms with Crippen molar-refractivity contribution in [3.05, 3.63) is 11.1 Å². The van der Waals surface area contributed by atoms with Gasteiger partial charge in [-0.25, -0.2) is 0 Å². The Bertz CT molecular complexity index is 1810. The number of hydrogen-bond acceptors (Lipinski definition) is 6. The molecule has 0 aromatic carbocycles. The van der Waals surface area contributed by atoms with E-state index in [2.05, 4.69) is 43.2 Å². The molecule has 0 radical (unpaired) electrons. The maximum Gasteiger partial charge on any atom is 0.251 e. The van der Waals surface area contributed by atoms with E-state index in [1.54, 1.807) is 0 Å². The van der Waals surface area contributed by atoms with Crippen molar-refractivity contribution in [2.75, 3.05) is 27.2 Å². The lowest BCUT2D eigenvalue weighted by Gasteiger charge is -2.72. The van der Waals surface area contributed by atoms with Crippen molar-refractivity contribution in [1.29, 1.82) is 0 Å². The molecule has 10 nitrogen and oxygen atoms in total. The Kier molecular flexibility index (Phi) is 10.5. The first kappa shape index (κ1) is 41.7. The summed E-state index contributed by atoms with van der Waals surface area (Å²) in [4.78, 5) is 83.4. The zero-order valence-corrected chi connectivity index (χ0v) is 36.9. The molecule has 7 fully saturated rings. The monoisotopic (exact) mass is 801 g/mol. The number of amides is 4. The van der Waals surface area contributed by atoms with Crippen LogP contribution in [0.5, 0.6) is 0 Å². The molecule has 4 amide bonds. The first-order chi connectivity index (χ1) is 27.3. The third-order valence-corrected chi connectivity index (χ3v) is 19.6. The topological polar surface area (TPSA) is 133 Å². The molecule has 0 bridgehead atoms. The average molecular weight is 801 g/mol. The minimum Gasteiger partial charge on any atom is -0.355 e. The van der Waals surface area contributed by atoms with Crippen LogP contribution < -0.4 is 10.6 Å². The molecule has 6 saturated carbocycles. The number of likely N-dealkylation sites (tertiary alicyclic amines) is 1. The number of hydrogen-bond donors (Lipinski definition) is 2. The smallest absolute Gasteiger partial charge is 0.251 e. The van der Waals surface area contributed by atoms with Gasteiger partial charge in [0, 0.05) is 50.6 Å². The highest BCUT2D eigenvalue weighted by Gasteiger charge is 2.73. The van der Waals surface area contributed by atoms with Gasteiger partial charge in [0.25, 0.3) is 5.91 Å². The summed E-state index contributed by atoms with van der Waals surface area (Å²) in [7, 11) is 4.02. The normalized spacial score (nSPS) is 44.3. The van der Waals surface area contributed by atoms with Gasteiger partial charge in [-0.1, -0.05) is 34.1 Å². The van der Waals surface area contributed by atoms with Gasteiger partial charge in [0.05, 0.1) is 18.4 Å². The summed E-state index contributed by atoms with van der Waals surface area (Å²) in [5, 5.41) is 6.19. The lowest BCUT2D eigenvalue weighted by atomic mass is 9.37. The summed E-state index contributed by atoms with van der Waals surface area (Å²) >= 11 is 0. The Labute approximate surface area is 347 Å². The van der Waals surface area contributed by atoms with Gasteiger partial charge in [0.15, 0.2) is 0 Å². The maximum atomic E-state index is 15.1. The van der Waals surface area contributed by atoms with Crippen LogP contribution in [0, 0.1) is 63.1 Å². The molecule has 13 atom stereocenters. The van der Waals surface area contributed by atoms with E-state index in [4.69, 9.17) is 0 Å². The van der Waals surface area contributed by atoms with Gasteiger partial charge in [-0.3, -0.25) is 28.8 Å². The number of carbonyl (C=O) groups is 6. The highest BCUT2D eigenvalue weighted by molar-refractivity contribution is 6.00. The largest absolute Gasteiger partial charge is 0.355 e. The molecule has 0 spiro atoms. The molecule has 1 saturated heterocycles. The third-order valence-electron chi connectivity index (χ3n) is 19.6. The fraction of sp³-hybridized carbons (Fsp3) is 0.833. The Morgan fingerprint density at radius 3 is 2.07 bits per heavy atom. The highest BCUT2D eigenvalue weighted by Crippen LogP contribution is 2.74. The third kappa shape index (κ3) is 5.95. The van der Waals surface area contributed by atoms with Gasteiger partial charge in [0.2, 0.25) is 17.7 Å².